The number of hydrogen-bond donors (Lipinski definition) is 0. The fourth-order valence-electron chi connectivity index (χ4n) is 2.84. The van der Waals surface area contributed by atoms with Gasteiger partial charge in [0.25, 0.3) is 0 Å². The second kappa shape index (κ2) is 4.45. The molecule has 0 amide bonds. The first-order valence-electron chi connectivity index (χ1n) is 6.26. The summed E-state index contributed by atoms with van der Waals surface area (Å²) in [5, 5.41) is 0. The van der Waals surface area contributed by atoms with Crippen LogP contribution in [0.4, 0.5) is 0 Å². The predicted octanol–water partition coefficient (Wildman–Crippen LogP) is 2.72. The molecule has 3 nitrogen and oxygen atoms in total. The molecule has 0 radical (unpaired) electrons. The number of hydrogen-bond acceptors (Lipinski definition) is 2. The van der Waals surface area contributed by atoms with Gasteiger partial charge in [-0.3, -0.25) is 0 Å². The Morgan fingerprint density at radius 1 is 1.22 bits per heavy atom. The van der Waals surface area contributed by atoms with Crippen LogP contribution in [-0.2, 0) is 10.0 Å². The van der Waals surface area contributed by atoms with E-state index in [1.165, 1.54) is 0 Å². The third kappa shape index (κ3) is 2.00. The zero-order valence-corrected chi connectivity index (χ0v) is 13.2. The molecule has 2 fully saturated rings. The van der Waals surface area contributed by atoms with Crippen molar-refractivity contribution in [2.75, 3.05) is 0 Å². The number of benzene rings is 1. The van der Waals surface area contributed by atoms with E-state index < -0.39 is 10.0 Å². The highest BCUT2D eigenvalue weighted by Gasteiger charge is 2.59. The van der Waals surface area contributed by atoms with E-state index in [1.807, 2.05) is 19.1 Å². The van der Waals surface area contributed by atoms with Gasteiger partial charge in [-0.05, 0) is 31.9 Å². The van der Waals surface area contributed by atoms with Crippen molar-refractivity contribution in [1.82, 2.24) is 4.31 Å². The zero-order chi connectivity index (χ0) is 12.9. The van der Waals surface area contributed by atoms with Crippen LogP contribution in [0.2, 0.25) is 0 Å². The standard InChI is InChI=1S/C13H16INO2S/c1-9-5-7-10(8-6-9)18(16,17)15-12-4-2-3-11(14)13(12)15/h5-8,11-13H,2-4H2,1H3/t11-,12-,13+,15?/m1/s1. The maximum Gasteiger partial charge on any atom is 0.243 e. The number of nitrogens with zero attached hydrogens (tertiary/aromatic N) is 1. The summed E-state index contributed by atoms with van der Waals surface area (Å²) in [6.45, 7) is 1.97. The highest BCUT2D eigenvalue weighted by Crippen LogP contribution is 2.47. The molecule has 2 aliphatic rings. The lowest BCUT2D eigenvalue weighted by atomic mass is 10.0. The van der Waals surface area contributed by atoms with Gasteiger partial charge in [0.1, 0.15) is 0 Å². The van der Waals surface area contributed by atoms with Crippen LogP contribution < -0.4 is 0 Å². The van der Waals surface area contributed by atoms with Crippen molar-refractivity contribution in [3.63, 3.8) is 0 Å². The van der Waals surface area contributed by atoms with E-state index in [0.717, 1.165) is 24.8 Å². The van der Waals surface area contributed by atoms with E-state index in [9.17, 15) is 8.42 Å². The molecule has 1 aliphatic carbocycles. The molecule has 5 heteroatoms. The Hall–Kier alpha value is -0.140. The third-order valence-electron chi connectivity index (χ3n) is 3.87. The number of rotatable bonds is 2. The largest absolute Gasteiger partial charge is 0.243 e. The molecule has 1 aromatic rings. The summed E-state index contributed by atoms with van der Waals surface area (Å²) < 4.78 is 27.3. The van der Waals surface area contributed by atoms with Gasteiger partial charge in [-0.15, -0.1) is 0 Å². The Balaban J connectivity index is 1.90. The molecule has 1 saturated heterocycles. The van der Waals surface area contributed by atoms with Crippen molar-refractivity contribution in [2.24, 2.45) is 0 Å². The lowest BCUT2D eigenvalue weighted by Gasteiger charge is -2.11. The third-order valence-corrected chi connectivity index (χ3v) is 7.17. The van der Waals surface area contributed by atoms with Crippen molar-refractivity contribution in [2.45, 2.75) is 47.1 Å². The Bertz CT molecular complexity index is 555. The molecule has 1 aliphatic heterocycles. The Kier molecular flexibility index (Phi) is 3.18. The molecule has 18 heavy (non-hydrogen) atoms. The van der Waals surface area contributed by atoms with Gasteiger partial charge >= 0.3 is 0 Å². The van der Waals surface area contributed by atoms with Gasteiger partial charge in [0.15, 0.2) is 0 Å². The Labute approximate surface area is 122 Å². The number of alkyl halides is 1. The summed E-state index contributed by atoms with van der Waals surface area (Å²) in [5.41, 5.74) is 1.09. The van der Waals surface area contributed by atoms with Crippen LogP contribution in [-0.4, -0.2) is 28.7 Å². The monoisotopic (exact) mass is 377 g/mol. The maximum atomic E-state index is 12.5. The first kappa shape index (κ1) is 12.9. The summed E-state index contributed by atoms with van der Waals surface area (Å²) in [5.74, 6) is 0. The van der Waals surface area contributed by atoms with Crippen LogP contribution in [0, 0.1) is 6.92 Å². The lowest BCUT2D eigenvalue weighted by Crippen LogP contribution is -2.19. The summed E-state index contributed by atoms with van der Waals surface area (Å²) in [6.07, 6.45) is 3.31. The minimum Gasteiger partial charge on any atom is -0.207 e. The molecule has 0 aromatic heterocycles. The molecule has 1 saturated carbocycles. The first-order chi connectivity index (χ1) is 8.51. The first-order valence-corrected chi connectivity index (χ1v) is 8.94. The molecule has 1 aromatic carbocycles. The summed E-state index contributed by atoms with van der Waals surface area (Å²) in [4.78, 5) is 0.436. The molecular formula is C13H16INO2S. The minimum absolute atomic E-state index is 0.241. The average molecular weight is 377 g/mol. The molecule has 4 atom stereocenters. The van der Waals surface area contributed by atoms with Crippen molar-refractivity contribution in [3.8, 4) is 0 Å². The van der Waals surface area contributed by atoms with E-state index in [2.05, 4.69) is 22.6 Å². The van der Waals surface area contributed by atoms with Crippen LogP contribution in [0.1, 0.15) is 24.8 Å². The van der Waals surface area contributed by atoms with Crippen LogP contribution in [0.5, 0.6) is 0 Å². The molecule has 98 valence electrons. The van der Waals surface area contributed by atoms with Gasteiger partial charge in [0, 0.05) is 9.97 Å². The normalized spacial score (nSPS) is 35.0. The number of fused-ring (bicyclic) bond motifs is 1. The molecule has 0 spiro atoms. The predicted molar refractivity (Wildman–Crippen MR) is 79.4 cm³/mol. The van der Waals surface area contributed by atoms with Crippen molar-refractivity contribution in [1.29, 1.82) is 0 Å². The second-order valence-electron chi connectivity index (χ2n) is 5.15. The van der Waals surface area contributed by atoms with Crippen LogP contribution in [0.15, 0.2) is 29.2 Å². The fraction of sp³-hybridized carbons (Fsp3) is 0.538. The Morgan fingerprint density at radius 2 is 1.89 bits per heavy atom. The Morgan fingerprint density at radius 3 is 2.50 bits per heavy atom. The molecule has 1 heterocycles. The van der Waals surface area contributed by atoms with Gasteiger partial charge < -0.3 is 0 Å². The van der Waals surface area contributed by atoms with Gasteiger partial charge in [0.2, 0.25) is 10.0 Å². The van der Waals surface area contributed by atoms with Crippen molar-refractivity contribution >= 4 is 32.6 Å². The quantitative estimate of drug-likeness (QED) is 0.452. The number of sulfonamides is 1. The van der Waals surface area contributed by atoms with Crippen molar-refractivity contribution in [3.05, 3.63) is 29.8 Å². The van der Waals surface area contributed by atoms with Gasteiger partial charge in [0.05, 0.1) is 10.9 Å². The summed E-state index contributed by atoms with van der Waals surface area (Å²) >= 11 is 2.40. The highest BCUT2D eigenvalue weighted by molar-refractivity contribution is 14.1. The van der Waals surface area contributed by atoms with Gasteiger partial charge in [-0.1, -0.05) is 46.7 Å². The average Bonchev–Trinajstić information content (AvgIpc) is 3.06. The van der Waals surface area contributed by atoms with Gasteiger partial charge in [-0.2, -0.15) is 4.31 Å². The van der Waals surface area contributed by atoms with Crippen LogP contribution >= 0.6 is 22.6 Å². The van der Waals surface area contributed by atoms with Crippen LogP contribution in [0.25, 0.3) is 0 Å². The molecule has 1 unspecified atom stereocenters. The van der Waals surface area contributed by atoms with Crippen LogP contribution in [0.3, 0.4) is 0 Å². The zero-order valence-electron chi connectivity index (χ0n) is 10.2. The van der Waals surface area contributed by atoms with E-state index >= 15 is 0 Å². The number of aryl methyl sites for hydroxylation is 1. The van der Waals surface area contributed by atoms with E-state index in [0.29, 0.717) is 8.82 Å². The summed E-state index contributed by atoms with van der Waals surface area (Å²) in [6, 6.07) is 7.66. The molecule has 0 N–H and O–H groups in total. The van der Waals surface area contributed by atoms with E-state index in [1.54, 1.807) is 16.4 Å². The van der Waals surface area contributed by atoms with Gasteiger partial charge in [-0.25, -0.2) is 8.42 Å². The molecular weight excluding hydrogens is 361 g/mol. The molecule has 0 bridgehead atoms. The van der Waals surface area contributed by atoms with E-state index in [-0.39, 0.29) is 12.1 Å². The van der Waals surface area contributed by atoms with E-state index in [4.69, 9.17) is 0 Å². The lowest BCUT2D eigenvalue weighted by molar-refractivity contribution is 0.545. The maximum absolute atomic E-state index is 12.5. The highest BCUT2D eigenvalue weighted by atomic mass is 127. The topological polar surface area (TPSA) is 37.1 Å². The van der Waals surface area contributed by atoms with Crippen molar-refractivity contribution < 1.29 is 8.42 Å². The minimum atomic E-state index is -3.27. The number of halogens is 1. The summed E-state index contributed by atoms with van der Waals surface area (Å²) in [7, 11) is -3.27. The smallest absolute Gasteiger partial charge is 0.207 e. The second-order valence-corrected chi connectivity index (χ2v) is 8.60. The fourth-order valence-corrected chi connectivity index (χ4v) is 6.19. The molecule has 3 rings (SSSR count). The SMILES string of the molecule is Cc1ccc(S(=O)(=O)N2[C@H]3[C@H](I)CCC[C@H]32)cc1.